The van der Waals surface area contributed by atoms with Gasteiger partial charge in [0.25, 0.3) is 5.91 Å². The number of alkyl halides is 2. The lowest BCUT2D eigenvalue weighted by molar-refractivity contribution is -0.0498. The zero-order valence-corrected chi connectivity index (χ0v) is 12.9. The predicted octanol–water partition coefficient (Wildman–Crippen LogP) is 2.67. The van der Waals surface area contributed by atoms with Crippen LogP contribution >= 0.6 is 11.8 Å². The van der Waals surface area contributed by atoms with Crippen LogP contribution in [0.25, 0.3) is 0 Å². The summed E-state index contributed by atoms with van der Waals surface area (Å²) in [6.45, 7) is -2.62. The zero-order chi connectivity index (χ0) is 16.1. The highest BCUT2D eigenvalue weighted by Crippen LogP contribution is 2.16. The molecular formula is C14H15F2N3O2S. The van der Waals surface area contributed by atoms with E-state index >= 15 is 0 Å². The number of nitrogens with zero attached hydrogens (tertiary/aromatic N) is 2. The number of benzene rings is 1. The van der Waals surface area contributed by atoms with Crippen LogP contribution in [0.3, 0.4) is 0 Å². The van der Waals surface area contributed by atoms with Gasteiger partial charge in [0.1, 0.15) is 5.75 Å². The van der Waals surface area contributed by atoms with Crippen LogP contribution in [-0.2, 0) is 13.6 Å². The molecular weight excluding hydrogens is 312 g/mol. The third-order valence-electron chi connectivity index (χ3n) is 2.98. The highest BCUT2D eigenvalue weighted by Gasteiger charge is 2.11. The Bertz CT molecular complexity index is 661. The summed E-state index contributed by atoms with van der Waals surface area (Å²) in [5, 5.41) is 3.57. The van der Waals surface area contributed by atoms with Gasteiger partial charge in [-0.2, -0.15) is 8.78 Å². The quantitative estimate of drug-likeness (QED) is 0.829. The SMILES string of the molecule is CSc1ncc(CNC(=O)c2cccc(OC(F)F)c2)n1C. The molecule has 0 fully saturated rings. The predicted molar refractivity (Wildman–Crippen MR) is 79.2 cm³/mol. The van der Waals surface area contributed by atoms with Crippen molar-refractivity contribution in [2.75, 3.05) is 6.26 Å². The van der Waals surface area contributed by atoms with E-state index in [2.05, 4.69) is 15.0 Å². The summed E-state index contributed by atoms with van der Waals surface area (Å²) in [6.07, 6.45) is 3.60. The lowest BCUT2D eigenvalue weighted by Gasteiger charge is -2.08. The van der Waals surface area contributed by atoms with Gasteiger partial charge in [-0.15, -0.1) is 0 Å². The van der Waals surface area contributed by atoms with Crippen LogP contribution in [0.4, 0.5) is 8.78 Å². The summed E-state index contributed by atoms with van der Waals surface area (Å²) < 4.78 is 30.5. The normalized spacial score (nSPS) is 10.8. The molecule has 0 radical (unpaired) electrons. The van der Waals surface area contributed by atoms with Gasteiger partial charge in [0, 0.05) is 12.6 Å². The van der Waals surface area contributed by atoms with Crippen molar-refractivity contribution in [1.29, 1.82) is 0 Å². The van der Waals surface area contributed by atoms with Crippen molar-refractivity contribution < 1.29 is 18.3 Å². The van der Waals surface area contributed by atoms with E-state index in [1.54, 1.807) is 6.20 Å². The minimum absolute atomic E-state index is 0.0483. The summed E-state index contributed by atoms with van der Waals surface area (Å²) in [5.74, 6) is -0.417. The molecule has 5 nitrogen and oxygen atoms in total. The van der Waals surface area contributed by atoms with Crippen molar-refractivity contribution in [3.05, 3.63) is 41.7 Å². The molecule has 0 saturated carbocycles. The van der Waals surface area contributed by atoms with E-state index in [0.29, 0.717) is 6.54 Å². The van der Waals surface area contributed by atoms with Gasteiger partial charge in [-0.05, 0) is 24.5 Å². The topological polar surface area (TPSA) is 56.1 Å². The zero-order valence-electron chi connectivity index (χ0n) is 12.0. The number of carbonyl (C=O) groups excluding carboxylic acids is 1. The second-order valence-electron chi connectivity index (χ2n) is 4.38. The molecule has 1 N–H and O–H groups in total. The molecule has 0 aliphatic heterocycles. The molecule has 0 unspecified atom stereocenters. The third-order valence-corrected chi connectivity index (χ3v) is 3.72. The largest absolute Gasteiger partial charge is 0.435 e. The lowest BCUT2D eigenvalue weighted by atomic mass is 10.2. The number of amides is 1. The minimum Gasteiger partial charge on any atom is -0.435 e. The van der Waals surface area contributed by atoms with Crippen LogP contribution in [0, 0.1) is 0 Å². The first-order valence-corrected chi connectivity index (χ1v) is 7.61. The average Bonchev–Trinajstić information content (AvgIpc) is 2.84. The fraction of sp³-hybridized carbons (Fsp3) is 0.286. The molecule has 0 aliphatic carbocycles. The number of halogens is 2. The van der Waals surface area contributed by atoms with Crippen LogP contribution in [0.2, 0.25) is 0 Å². The molecule has 0 saturated heterocycles. The monoisotopic (exact) mass is 327 g/mol. The van der Waals surface area contributed by atoms with Gasteiger partial charge in [-0.1, -0.05) is 17.8 Å². The Morgan fingerprint density at radius 2 is 2.27 bits per heavy atom. The van der Waals surface area contributed by atoms with E-state index < -0.39 is 6.61 Å². The Hall–Kier alpha value is -2.09. The van der Waals surface area contributed by atoms with Crippen LogP contribution in [-0.4, -0.2) is 28.3 Å². The molecule has 118 valence electrons. The minimum atomic E-state index is -2.92. The van der Waals surface area contributed by atoms with E-state index in [1.165, 1.54) is 36.0 Å². The molecule has 1 aromatic heterocycles. The van der Waals surface area contributed by atoms with Gasteiger partial charge < -0.3 is 14.6 Å². The van der Waals surface area contributed by atoms with Crippen LogP contribution in [0.15, 0.2) is 35.6 Å². The molecule has 1 amide bonds. The summed E-state index contributed by atoms with van der Waals surface area (Å²) in [7, 11) is 1.86. The van der Waals surface area contributed by atoms with Crippen molar-refractivity contribution in [1.82, 2.24) is 14.9 Å². The number of thioether (sulfide) groups is 1. The number of carbonyl (C=O) groups is 1. The average molecular weight is 327 g/mol. The van der Waals surface area contributed by atoms with Crippen molar-refractivity contribution in [3.8, 4) is 5.75 Å². The molecule has 2 rings (SSSR count). The Morgan fingerprint density at radius 3 is 2.91 bits per heavy atom. The van der Waals surface area contributed by atoms with E-state index in [4.69, 9.17) is 0 Å². The summed E-state index contributed by atoms with van der Waals surface area (Å²) in [4.78, 5) is 16.3. The maximum Gasteiger partial charge on any atom is 0.387 e. The van der Waals surface area contributed by atoms with Gasteiger partial charge in [-0.3, -0.25) is 4.79 Å². The number of hydrogen-bond acceptors (Lipinski definition) is 4. The third kappa shape index (κ3) is 3.97. The number of imidazole rings is 1. The first kappa shape index (κ1) is 16.3. The molecule has 1 heterocycles. The highest BCUT2D eigenvalue weighted by atomic mass is 32.2. The van der Waals surface area contributed by atoms with Crippen molar-refractivity contribution >= 4 is 17.7 Å². The number of rotatable bonds is 6. The first-order valence-electron chi connectivity index (χ1n) is 6.39. The fourth-order valence-corrected chi connectivity index (χ4v) is 2.42. The summed E-state index contributed by atoms with van der Waals surface area (Å²) in [6, 6.07) is 5.67. The second-order valence-corrected chi connectivity index (χ2v) is 5.16. The van der Waals surface area contributed by atoms with Crippen molar-refractivity contribution in [2.45, 2.75) is 18.3 Å². The summed E-state index contributed by atoms with van der Waals surface area (Å²) >= 11 is 1.51. The number of nitrogens with one attached hydrogen (secondary N) is 1. The van der Waals surface area contributed by atoms with Crippen LogP contribution < -0.4 is 10.1 Å². The molecule has 0 aliphatic rings. The number of hydrogen-bond donors (Lipinski definition) is 1. The molecule has 1 aromatic carbocycles. The van der Waals surface area contributed by atoms with Gasteiger partial charge in [-0.25, -0.2) is 4.98 Å². The molecule has 0 atom stereocenters. The van der Waals surface area contributed by atoms with Crippen molar-refractivity contribution in [3.63, 3.8) is 0 Å². The molecule has 0 bridgehead atoms. The number of ether oxygens (including phenoxy) is 1. The Balaban J connectivity index is 2.01. The Kier molecular flexibility index (Phi) is 5.37. The molecule has 22 heavy (non-hydrogen) atoms. The van der Waals surface area contributed by atoms with E-state index in [-0.39, 0.29) is 17.2 Å². The molecule has 8 heteroatoms. The highest BCUT2D eigenvalue weighted by molar-refractivity contribution is 7.98. The molecule has 2 aromatic rings. The van der Waals surface area contributed by atoms with Crippen LogP contribution in [0.5, 0.6) is 5.75 Å². The standard InChI is InChI=1S/C14H15F2N3O2S/c1-19-10(8-18-14(19)22-2)7-17-12(20)9-4-3-5-11(6-9)21-13(15)16/h3-6,8,13H,7H2,1-2H3,(H,17,20). The second kappa shape index (κ2) is 7.26. The maximum absolute atomic E-state index is 12.2. The smallest absolute Gasteiger partial charge is 0.387 e. The lowest BCUT2D eigenvalue weighted by Crippen LogP contribution is -2.24. The van der Waals surface area contributed by atoms with Gasteiger partial charge in [0.2, 0.25) is 0 Å². The fourth-order valence-electron chi connectivity index (χ4n) is 1.87. The van der Waals surface area contributed by atoms with Gasteiger partial charge in [0.05, 0.1) is 18.4 Å². The van der Waals surface area contributed by atoms with Crippen molar-refractivity contribution in [2.24, 2.45) is 7.05 Å². The number of aromatic nitrogens is 2. The Labute approximate surface area is 130 Å². The molecule has 0 spiro atoms. The van der Waals surface area contributed by atoms with Gasteiger partial charge in [0.15, 0.2) is 5.16 Å². The first-order chi connectivity index (χ1) is 10.5. The van der Waals surface area contributed by atoms with Crippen LogP contribution in [0.1, 0.15) is 16.1 Å². The maximum atomic E-state index is 12.2. The Morgan fingerprint density at radius 1 is 1.50 bits per heavy atom. The van der Waals surface area contributed by atoms with Gasteiger partial charge >= 0.3 is 6.61 Å². The van der Waals surface area contributed by atoms with E-state index in [9.17, 15) is 13.6 Å². The van der Waals surface area contributed by atoms with E-state index in [0.717, 1.165) is 10.9 Å². The van der Waals surface area contributed by atoms with E-state index in [1.807, 2.05) is 17.9 Å². The summed E-state index contributed by atoms with van der Waals surface area (Å²) in [5.41, 5.74) is 1.10.